The number of aromatic hydroxyl groups is 2. The lowest BCUT2D eigenvalue weighted by atomic mass is 10.1. The van der Waals surface area contributed by atoms with Gasteiger partial charge >= 0.3 is 0 Å². The van der Waals surface area contributed by atoms with Crippen LogP contribution in [0.1, 0.15) is 36.8 Å². The van der Waals surface area contributed by atoms with Crippen molar-refractivity contribution in [1.82, 2.24) is 10.6 Å². The van der Waals surface area contributed by atoms with E-state index in [9.17, 15) is 10.2 Å². The molecule has 2 unspecified atom stereocenters. The molecule has 0 radical (unpaired) electrons. The maximum Gasteiger partial charge on any atom is 0.120 e. The van der Waals surface area contributed by atoms with Gasteiger partial charge in [-0.3, -0.25) is 0 Å². The second-order valence-electron chi connectivity index (χ2n) is 7.07. The predicted molar refractivity (Wildman–Crippen MR) is 124 cm³/mol. The molecule has 0 saturated heterocycles. The normalized spacial score (nSPS) is 13.4. The largest absolute Gasteiger partial charge is 0.508 e. The molecule has 2 aromatic rings. The molecule has 6 heteroatoms. The first-order valence-electron chi connectivity index (χ1n) is 9.87. The summed E-state index contributed by atoms with van der Waals surface area (Å²) in [7, 11) is 0. The van der Waals surface area contributed by atoms with Crippen LogP contribution in [0.4, 0.5) is 0 Å². The van der Waals surface area contributed by atoms with Crippen molar-refractivity contribution in [3.05, 3.63) is 59.7 Å². The first-order valence-corrected chi connectivity index (χ1v) is 10.9. The number of hydrogen-bond acceptors (Lipinski definition) is 6. The van der Waals surface area contributed by atoms with Crippen molar-refractivity contribution < 1.29 is 10.2 Å². The van der Waals surface area contributed by atoms with Crippen molar-refractivity contribution >= 4 is 25.3 Å². The summed E-state index contributed by atoms with van der Waals surface area (Å²) in [6, 6.07) is 14.8. The molecule has 4 N–H and O–H groups in total. The Bertz CT molecular complexity index is 640. The Morgan fingerprint density at radius 2 is 1.04 bits per heavy atom. The molecule has 0 aliphatic carbocycles. The first-order chi connectivity index (χ1) is 13.6. The molecular formula is C22H32N2O2S2. The van der Waals surface area contributed by atoms with Gasteiger partial charge in [-0.05, 0) is 50.9 Å². The molecule has 0 spiro atoms. The maximum atomic E-state index is 9.75. The first kappa shape index (κ1) is 22.9. The van der Waals surface area contributed by atoms with E-state index in [1.54, 1.807) is 12.1 Å². The molecule has 28 heavy (non-hydrogen) atoms. The molecule has 0 amide bonds. The zero-order chi connectivity index (χ0) is 20.2. The SMILES string of the molecule is Oc1ccccc1CNCCC(S)CCC(S)CCNCc1ccccc1O. The highest BCUT2D eigenvalue weighted by molar-refractivity contribution is 7.81. The summed E-state index contributed by atoms with van der Waals surface area (Å²) in [5.74, 6) is 0.679. The van der Waals surface area contributed by atoms with Crippen LogP contribution in [0, 0.1) is 0 Å². The maximum absolute atomic E-state index is 9.75. The lowest BCUT2D eigenvalue weighted by molar-refractivity contribution is 0.462. The molecule has 0 aliphatic heterocycles. The molecule has 2 aromatic carbocycles. The van der Waals surface area contributed by atoms with E-state index in [2.05, 4.69) is 35.9 Å². The monoisotopic (exact) mass is 420 g/mol. The molecule has 0 heterocycles. The van der Waals surface area contributed by atoms with Gasteiger partial charge in [-0.25, -0.2) is 0 Å². The van der Waals surface area contributed by atoms with Gasteiger partial charge in [0, 0.05) is 34.7 Å². The molecule has 0 aliphatic rings. The molecular weight excluding hydrogens is 388 g/mol. The van der Waals surface area contributed by atoms with Crippen molar-refractivity contribution in [3.63, 3.8) is 0 Å². The molecule has 0 aromatic heterocycles. The van der Waals surface area contributed by atoms with Crippen molar-refractivity contribution in [1.29, 1.82) is 0 Å². The van der Waals surface area contributed by atoms with Crippen molar-refractivity contribution in [2.45, 2.75) is 49.3 Å². The standard InChI is InChI=1S/C22H32N2O2S2/c25-21-7-3-1-5-17(21)15-23-13-11-19(27)9-10-20(28)12-14-24-16-18-6-2-4-8-22(18)26/h1-8,19-20,23-28H,9-16H2. The molecule has 4 nitrogen and oxygen atoms in total. The molecule has 0 fully saturated rings. The van der Waals surface area contributed by atoms with Crippen molar-refractivity contribution in [2.75, 3.05) is 13.1 Å². The predicted octanol–water partition coefficient (Wildman–Crippen LogP) is 4.13. The van der Waals surface area contributed by atoms with Gasteiger partial charge in [-0.15, -0.1) is 0 Å². The number of nitrogens with one attached hydrogen (secondary N) is 2. The summed E-state index contributed by atoms with van der Waals surface area (Å²) in [5, 5.41) is 26.9. The van der Waals surface area contributed by atoms with E-state index in [0.29, 0.717) is 35.1 Å². The van der Waals surface area contributed by atoms with Crippen LogP contribution in [0.3, 0.4) is 0 Å². The second kappa shape index (κ2) is 13.0. The minimum atomic E-state index is 0.339. The second-order valence-corrected chi connectivity index (χ2v) is 8.53. The number of phenolic OH excluding ortho intramolecular Hbond substituents is 2. The Kier molecular flexibility index (Phi) is 10.6. The van der Waals surface area contributed by atoms with Gasteiger partial charge in [0.25, 0.3) is 0 Å². The number of benzene rings is 2. The van der Waals surface area contributed by atoms with Crippen LogP contribution in [-0.4, -0.2) is 33.8 Å². The third kappa shape index (κ3) is 8.78. The van der Waals surface area contributed by atoms with Gasteiger partial charge in [-0.1, -0.05) is 36.4 Å². The number of hydrogen-bond donors (Lipinski definition) is 6. The summed E-state index contributed by atoms with van der Waals surface area (Å²) in [5.41, 5.74) is 1.84. The molecule has 0 bridgehead atoms. The Morgan fingerprint density at radius 3 is 1.43 bits per heavy atom. The van der Waals surface area contributed by atoms with Crippen LogP contribution in [0.25, 0.3) is 0 Å². The lowest BCUT2D eigenvalue weighted by Gasteiger charge is -2.15. The van der Waals surface area contributed by atoms with Gasteiger partial charge in [0.1, 0.15) is 11.5 Å². The van der Waals surface area contributed by atoms with E-state index in [1.165, 1.54) is 0 Å². The quantitative estimate of drug-likeness (QED) is 0.218. The van der Waals surface area contributed by atoms with E-state index in [0.717, 1.165) is 49.9 Å². The molecule has 2 rings (SSSR count). The van der Waals surface area contributed by atoms with Crippen molar-refractivity contribution in [2.24, 2.45) is 0 Å². The van der Waals surface area contributed by atoms with Crippen LogP contribution in [0.15, 0.2) is 48.5 Å². The Labute approximate surface area is 179 Å². The molecule has 0 saturated carbocycles. The van der Waals surface area contributed by atoms with E-state index in [1.807, 2.05) is 36.4 Å². The van der Waals surface area contributed by atoms with Gasteiger partial charge in [0.2, 0.25) is 0 Å². The summed E-state index contributed by atoms with van der Waals surface area (Å²) in [4.78, 5) is 0. The van der Waals surface area contributed by atoms with E-state index in [-0.39, 0.29) is 0 Å². The summed E-state index contributed by atoms with van der Waals surface area (Å²) < 4.78 is 0. The molecule has 154 valence electrons. The Balaban J connectivity index is 1.50. The van der Waals surface area contributed by atoms with Crippen LogP contribution < -0.4 is 10.6 Å². The van der Waals surface area contributed by atoms with Crippen molar-refractivity contribution in [3.8, 4) is 11.5 Å². The van der Waals surface area contributed by atoms with Crippen LogP contribution in [-0.2, 0) is 13.1 Å². The Hall–Kier alpha value is -1.34. The highest BCUT2D eigenvalue weighted by atomic mass is 32.1. The average molecular weight is 421 g/mol. The topological polar surface area (TPSA) is 64.5 Å². The van der Waals surface area contributed by atoms with Gasteiger partial charge in [0.05, 0.1) is 0 Å². The van der Waals surface area contributed by atoms with Crippen LogP contribution in [0.2, 0.25) is 0 Å². The fourth-order valence-electron chi connectivity index (χ4n) is 2.98. The smallest absolute Gasteiger partial charge is 0.120 e. The summed E-state index contributed by atoms with van der Waals surface area (Å²) in [6.07, 6.45) is 4.05. The average Bonchev–Trinajstić information content (AvgIpc) is 2.69. The van der Waals surface area contributed by atoms with E-state index in [4.69, 9.17) is 0 Å². The number of para-hydroxylation sites is 2. The van der Waals surface area contributed by atoms with Gasteiger partial charge in [-0.2, -0.15) is 25.3 Å². The third-order valence-corrected chi connectivity index (χ3v) is 5.79. The van der Waals surface area contributed by atoms with E-state index < -0.39 is 0 Å². The Morgan fingerprint density at radius 1 is 0.643 bits per heavy atom. The van der Waals surface area contributed by atoms with Gasteiger partial charge < -0.3 is 20.8 Å². The minimum absolute atomic E-state index is 0.339. The highest BCUT2D eigenvalue weighted by Gasteiger charge is 2.09. The molecule has 2 atom stereocenters. The number of thiol groups is 2. The summed E-state index contributed by atoms with van der Waals surface area (Å²) in [6.45, 7) is 3.10. The number of rotatable bonds is 13. The number of phenols is 2. The summed E-state index contributed by atoms with van der Waals surface area (Å²) >= 11 is 9.37. The van der Waals surface area contributed by atoms with Gasteiger partial charge in [0.15, 0.2) is 0 Å². The minimum Gasteiger partial charge on any atom is -0.508 e. The fourth-order valence-corrected chi connectivity index (χ4v) is 3.53. The van der Waals surface area contributed by atoms with Crippen LogP contribution in [0.5, 0.6) is 11.5 Å². The zero-order valence-electron chi connectivity index (χ0n) is 16.2. The highest BCUT2D eigenvalue weighted by Crippen LogP contribution is 2.18. The van der Waals surface area contributed by atoms with Crippen LogP contribution >= 0.6 is 25.3 Å². The fraction of sp³-hybridized carbons (Fsp3) is 0.455. The third-order valence-electron chi connectivity index (χ3n) is 4.76. The zero-order valence-corrected chi connectivity index (χ0v) is 18.0. The van der Waals surface area contributed by atoms with E-state index >= 15 is 0 Å². The lowest BCUT2D eigenvalue weighted by Crippen LogP contribution is -2.20.